The van der Waals surface area contributed by atoms with E-state index in [0.29, 0.717) is 5.13 Å². The molecule has 0 unspecified atom stereocenters. The fraction of sp³-hybridized carbons (Fsp3) is 0.200. The van der Waals surface area contributed by atoms with Gasteiger partial charge in [-0.1, -0.05) is 29.5 Å². The molecule has 15 heavy (non-hydrogen) atoms. The Morgan fingerprint density at radius 3 is 2.60 bits per heavy atom. The van der Waals surface area contributed by atoms with Crippen molar-refractivity contribution in [2.45, 2.75) is 13.0 Å². The third-order valence-electron chi connectivity index (χ3n) is 1.86. The number of hydrogen-bond donors (Lipinski definition) is 1. The molecule has 0 aliphatic rings. The minimum Gasteiger partial charge on any atom is -0.483 e. The Labute approximate surface area is 91.7 Å². The maximum absolute atomic E-state index is 5.67. The lowest BCUT2D eigenvalue weighted by atomic mass is 10.3. The van der Waals surface area contributed by atoms with E-state index in [2.05, 4.69) is 10.2 Å². The summed E-state index contributed by atoms with van der Waals surface area (Å²) in [7, 11) is 0. The van der Waals surface area contributed by atoms with Gasteiger partial charge in [-0.15, -0.1) is 10.2 Å². The number of rotatable bonds is 3. The van der Waals surface area contributed by atoms with Crippen molar-refractivity contribution in [1.29, 1.82) is 0 Å². The van der Waals surface area contributed by atoms with Crippen molar-refractivity contribution in [3.63, 3.8) is 0 Å². The summed E-state index contributed by atoms with van der Waals surface area (Å²) in [4.78, 5) is 0. The van der Waals surface area contributed by atoms with Crippen molar-refractivity contribution in [3.05, 3.63) is 35.3 Å². The highest BCUT2D eigenvalue weighted by atomic mass is 32.1. The van der Waals surface area contributed by atoms with E-state index >= 15 is 0 Å². The van der Waals surface area contributed by atoms with Crippen LogP contribution in [-0.2, 0) is 0 Å². The molecule has 0 fully saturated rings. The predicted molar refractivity (Wildman–Crippen MR) is 59.8 cm³/mol. The molecule has 0 radical (unpaired) electrons. The Morgan fingerprint density at radius 1 is 1.27 bits per heavy atom. The molecule has 1 aromatic heterocycles. The molecule has 0 amide bonds. The Hall–Kier alpha value is -1.62. The van der Waals surface area contributed by atoms with Gasteiger partial charge in [-0.05, 0) is 19.1 Å². The van der Waals surface area contributed by atoms with Gasteiger partial charge in [0.2, 0.25) is 5.13 Å². The standard InChI is InChI=1S/C10H11N3OS/c1-7(9-12-13-10(11)15-9)14-8-5-3-2-4-6-8/h2-7H,1H3,(H2,11,13)/t7-/m0/s1. The first-order valence-corrected chi connectivity index (χ1v) is 5.38. The lowest BCUT2D eigenvalue weighted by Gasteiger charge is -2.10. The van der Waals surface area contributed by atoms with Gasteiger partial charge in [0.25, 0.3) is 0 Å². The molecule has 0 saturated heterocycles. The van der Waals surface area contributed by atoms with Crippen LogP contribution in [0.5, 0.6) is 5.75 Å². The highest BCUT2D eigenvalue weighted by Gasteiger charge is 2.12. The quantitative estimate of drug-likeness (QED) is 0.863. The second-order valence-corrected chi connectivity index (χ2v) is 4.09. The maximum atomic E-state index is 5.67. The topological polar surface area (TPSA) is 61.0 Å². The maximum Gasteiger partial charge on any atom is 0.203 e. The molecule has 5 heteroatoms. The van der Waals surface area contributed by atoms with Crippen LogP contribution in [-0.4, -0.2) is 10.2 Å². The first-order chi connectivity index (χ1) is 7.25. The van der Waals surface area contributed by atoms with E-state index < -0.39 is 0 Å². The van der Waals surface area contributed by atoms with Crippen LogP contribution in [0.3, 0.4) is 0 Å². The van der Waals surface area contributed by atoms with Gasteiger partial charge < -0.3 is 10.5 Å². The van der Waals surface area contributed by atoms with Gasteiger partial charge in [0, 0.05) is 0 Å². The third kappa shape index (κ3) is 2.44. The molecule has 0 aliphatic carbocycles. The number of para-hydroxylation sites is 1. The zero-order valence-electron chi connectivity index (χ0n) is 8.25. The predicted octanol–water partition coefficient (Wildman–Crippen LogP) is 2.26. The van der Waals surface area contributed by atoms with Crippen LogP contribution in [0.1, 0.15) is 18.0 Å². The van der Waals surface area contributed by atoms with E-state index in [1.807, 2.05) is 37.3 Å². The van der Waals surface area contributed by atoms with Gasteiger partial charge in [0.15, 0.2) is 5.01 Å². The molecule has 4 nitrogen and oxygen atoms in total. The molecular formula is C10H11N3OS. The first kappa shape index (κ1) is 9.92. The van der Waals surface area contributed by atoms with Gasteiger partial charge in [0.05, 0.1) is 0 Å². The monoisotopic (exact) mass is 221 g/mol. The van der Waals surface area contributed by atoms with Gasteiger partial charge >= 0.3 is 0 Å². The number of nitrogens with zero attached hydrogens (tertiary/aromatic N) is 2. The second kappa shape index (κ2) is 4.27. The lowest BCUT2D eigenvalue weighted by Crippen LogP contribution is -2.02. The van der Waals surface area contributed by atoms with Gasteiger partial charge in [0.1, 0.15) is 11.9 Å². The average Bonchev–Trinajstić information content (AvgIpc) is 2.66. The molecule has 2 rings (SSSR count). The van der Waals surface area contributed by atoms with Crippen LogP contribution in [0.25, 0.3) is 0 Å². The van der Waals surface area contributed by atoms with Crippen molar-refractivity contribution < 1.29 is 4.74 Å². The minimum absolute atomic E-state index is 0.123. The molecule has 0 aliphatic heterocycles. The van der Waals surface area contributed by atoms with Crippen molar-refractivity contribution in [3.8, 4) is 5.75 Å². The van der Waals surface area contributed by atoms with E-state index in [9.17, 15) is 0 Å². The van der Waals surface area contributed by atoms with E-state index in [1.54, 1.807) is 0 Å². The van der Waals surface area contributed by atoms with Crippen LogP contribution in [0.2, 0.25) is 0 Å². The third-order valence-corrected chi connectivity index (χ3v) is 2.77. The number of ether oxygens (including phenoxy) is 1. The number of anilines is 1. The fourth-order valence-corrected chi connectivity index (χ4v) is 1.76. The first-order valence-electron chi connectivity index (χ1n) is 4.56. The van der Waals surface area contributed by atoms with Crippen LogP contribution in [0.15, 0.2) is 30.3 Å². The molecular weight excluding hydrogens is 210 g/mol. The van der Waals surface area contributed by atoms with Gasteiger partial charge in [-0.3, -0.25) is 0 Å². The van der Waals surface area contributed by atoms with Crippen molar-refractivity contribution in [1.82, 2.24) is 10.2 Å². The average molecular weight is 221 g/mol. The zero-order valence-corrected chi connectivity index (χ0v) is 9.07. The molecule has 0 saturated carbocycles. The number of nitrogens with two attached hydrogens (primary N) is 1. The molecule has 78 valence electrons. The van der Waals surface area contributed by atoms with Crippen molar-refractivity contribution in [2.75, 3.05) is 5.73 Å². The Balaban J connectivity index is 2.07. The van der Waals surface area contributed by atoms with Crippen LogP contribution >= 0.6 is 11.3 Å². The van der Waals surface area contributed by atoms with Crippen LogP contribution < -0.4 is 10.5 Å². The van der Waals surface area contributed by atoms with E-state index in [1.165, 1.54) is 11.3 Å². The van der Waals surface area contributed by atoms with Gasteiger partial charge in [-0.25, -0.2) is 0 Å². The molecule has 2 aromatic rings. The summed E-state index contributed by atoms with van der Waals surface area (Å²) >= 11 is 1.35. The van der Waals surface area contributed by atoms with E-state index in [-0.39, 0.29) is 6.10 Å². The largest absolute Gasteiger partial charge is 0.483 e. The summed E-state index contributed by atoms with van der Waals surface area (Å²) < 4.78 is 5.67. The summed E-state index contributed by atoms with van der Waals surface area (Å²) in [5.41, 5.74) is 5.50. The zero-order chi connectivity index (χ0) is 10.7. The molecule has 1 heterocycles. The molecule has 2 N–H and O–H groups in total. The summed E-state index contributed by atoms with van der Waals surface area (Å²) in [6.07, 6.45) is -0.123. The number of nitrogen functional groups attached to an aromatic ring is 1. The summed E-state index contributed by atoms with van der Waals surface area (Å²) in [6.45, 7) is 1.92. The van der Waals surface area contributed by atoms with Crippen molar-refractivity contribution in [2.24, 2.45) is 0 Å². The summed E-state index contributed by atoms with van der Waals surface area (Å²) in [5.74, 6) is 0.818. The summed E-state index contributed by atoms with van der Waals surface area (Å²) in [5, 5.41) is 8.93. The number of aromatic nitrogens is 2. The SMILES string of the molecule is C[C@H](Oc1ccccc1)c1nnc(N)s1. The highest BCUT2D eigenvalue weighted by molar-refractivity contribution is 7.15. The molecule has 0 bridgehead atoms. The molecule has 1 atom stereocenters. The Kier molecular flexibility index (Phi) is 2.82. The van der Waals surface area contributed by atoms with Crippen LogP contribution in [0.4, 0.5) is 5.13 Å². The van der Waals surface area contributed by atoms with Crippen LogP contribution in [0, 0.1) is 0 Å². The molecule has 1 aromatic carbocycles. The molecule has 0 spiro atoms. The Morgan fingerprint density at radius 2 is 2.00 bits per heavy atom. The van der Waals surface area contributed by atoms with E-state index in [4.69, 9.17) is 10.5 Å². The fourth-order valence-electron chi connectivity index (χ4n) is 1.16. The normalized spacial score (nSPS) is 12.3. The smallest absolute Gasteiger partial charge is 0.203 e. The minimum atomic E-state index is -0.123. The number of benzene rings is 1. The van der Waals surface area contributed by atoms with Gasteiger partial charge in [-0.2, -0.15) is 0 Å². The number of hydrogen-bond acceptors (Lipinski definition) is 5. The Bertz CT molecular complexity index is 429. The lowest BCUT2D eigenvalue weighted by molar-refractivity contribution is 0.225. The summed E-state index contributed by atoms with van der Waals surface area (Å²) in [6, 6.07) is 9.61. The highest BCUT2D eigenvalue weighted by Crippen LogP contribution is 2.24. The second-order valence-electron chi connectivity index (χ2n) is 3.05. The van der Waals surface area contributed by atoms with Crippen molar-refractivity contribution >= 4 is 16.5 Å². The van der Waals surface area contributed by atoms with E-state index in [0.717, 1.165) is 10.8 Å².